The highest BCUT2D eigenvalue weighted by molar-refractivity contribution is 8.17. The molecule has 0 heterocycles. The van der Waals surface area contributed by atoms with Gasteiger partial charge in [0.15, 0.2) is 0 Å². The highest BCUT2D eigenvalue weighted by atomic mass is 32.2. The third-order valence-corrected chi connectivity index (χ3v) is 6.15. The third kappa shape index (κ3) is 8.42. The molecule has 0 fully saturated rings. The van der Waals surface area contributed by atoms with Gasteiger partial charge in [-0.25, -0.2) is 0 Å². The predicted octanol–water partition coefficient (Wildman–Crippen LogP) is 1.17. The number of aliphatic hydroxyl groups excluding tert-OH is 4. The molecule has 0 rings (SSSR count). The lowest BCUT2D eigenvalue weighted by atomic mass is 10.1. The van der Waals surface area contributed by atoms with E-state index in [9.17, 15) is 15.3 Å². The first kappa shape index (κ1) is 19.5. The largest absolute Gasteiger partial charge is 0.394 e. The van der Waals surface area contributed by atoms with E-state index in [0.717, 1.165) is 11.5 Å². The van der Waals surface area contributed by atoms with Crippen molar-refractivity contribution < 1.29 is 20.4 Å². The maximum absolute atomic E-state index is 10.1. The first-order valence-corrected chi connectivity index (χ1v) is 8.77. The summed E-state index contributed by atoms with van der Waals surface area (Å²) in [5.41, 5.74) is 0. The normalized spacial score (nSPS) is 17.2. The maximum atomic E-state index is 10.1. The Morgan fingerprint density at radius 1 is 0.789 bits per heavy atom. The summed E-state index contributed by atoms with van der Waals surface area (Å²) in [5.74, 6) is 2.77. The summed E-state index contributed by atoms with van der Waals surface area (Å²) >= 11 is 3.19. The van der Waals surface area contributed by atoms with Gasteiger partial charge in [0.1, 0.15) is 18.3 Å². The van der Waals surface area contributed by atoms with Gasteiger partial charge in [0.2, 0.25) is 0 Å². The molecule has 4 nitrogen and oxygen atoms in total. The Labute approximate surface area is 125 Å². The molecule has 0 spiro atoms. The van der Waals surface area contributed by atoms with Gasteiger partial charge in [-0.2, -0.15) is 0 Å². The number of rotatable bonds is 10. The Balaban J connectivity index is 4.51. The highest BCUT2D eigenvalue weighted by Gasteiger charge is 2.31. The van der Waals surface area contributed by atoms with Gasteiger partial charge in [-0.05, 0) is 23.3 Å². The van der Waals surface area contributed by atoms with Crippen LogP contribution in [0.15, 0.2) is 0 Å². The van der Waals surface area contributed by atoms with Gasteiger partial charge in [-0.3, -0.25) is 0 Å². The SMILES string of the molecule is CC(C)CSC(SCC(C)C)[C@@H](O)[C@@H](O)[C@H](O)CO. The molecule has 0 aromatic heterocycles. The van der Waals surface area contributed by atoms with Gasteiger partial charge in [-0.15, -0.1) is 23.5 Å². The smallest absolute Gasteiger partial charge is 0.110 e. The van der Waals surface area contributed by atoms with Crippen LogP contribution in [0.2, 0.25) is 0 Å². The van der Waals surface area contributed by atoms with Crippen LogP contribution in [0.3, 0.4) is 0 Å². The van der Waals surface area contributed by atoms with E-state index in [1.165, 1.54) is 0 Å². The van der Waals surface area contributed by atoms with Gasteiger partial charge in [-0.1, -0.05) is 27.7 Å². The lowest BCUT2D eigenvalue weighted by molar-refractivity contribution is -0.0706. The minimum Gasteiger partial charge on any atom is -0.394 e. The second-order valence-electron chi connectivity index (χ2n) is 5.55. The predicted molar refractivity (Wildman–Crippen MR) is 83.5 cm³/mol. The van der Waals surface area contributed by atoms with E-state index in [1.54, 1.807) is 23.5 Å². The quantitative estimate of drug-likeness (QED) is 0.453. The van der Waals surface area contributed by atoms with Crippen molar-refractivity contribution in [1.29, 1.82) is 0 Å². The molecule has 0 unspecified atom stereocenters. The van der Waals surface area contributed by atoms with E-state index in [4.69, 9.17) is 5.11 Å². The van der Waals surface area contributed by atoms with Crippen LogP contribution in [-0.2, 0) is 0 Å². The van der Waals surface area contributed by atoms with Crippen LogP contribution in [-0.4, -0.2) is 61.4 Å². The fraction of sp³-hybridized carbons (Fsp3) is 1.00. The molecule has 0 amide bonds. The molecule has 0 aromatic carbocycles. The fourth-order valence-electron chi connectivity index (χ4n) is 1.32. The summed E-state index contributed by atoms with van der Waals surface area (Å²) < 4.78 is -0.194. The van der Waals surface area contributed by atoms with E-state index in [-0.39, 0.29) is 4.58 Å². The van der Waals surface area contributed by atoms with Gasteiger partial charge >= 0.3 is 0 Å². The van der Waals surface area contributed by atoms with Crippen LogP contribution < -0.4 is 0 Å². The van der Waals surface area contributed by atoms with Crippen molar-refractivity contribution in [2.24, 2.45) is 11.8 Å². The number of hydrogen-bond donors (Lipinski definition) is 4. The van der Waals surface area contributed by atoms with Gasteiger partial charge in [0.05, 0.1) is 11.2 Å². The Hall–Kier alpha value is 0.540. The average Bonchev–Trinajstić information content (AvgIpc) is 2.35. The Morgan fingerprint density at radius 2 is 1.21 bits per heavy atom. The van der Waals surface area contributed by atoms with E-state index < -0.39 is 24.9 Å². The summed E-state index contributed by atoms with van der Waals surface area (Å²) in [4.78, 5) is 0. The van der Waals surface area contributed by atoms with E-state index in [2.05, 4.69) is 27.7 Å². The molecule has 116 valence electrons. The molecule has 0 aliphatic heterocycles. The Bertz CT molecular complexity index is 215. The van der Waals surface area contributed by atoms with Crippen LogP contribution in [0.4, 0.5) is 0 Å². The first-order valence-electron chi connectivity index (χ1n) is 6.67. The van der Waals surface area contributed by atoms with Crippen molar-refractivity contribution >= 4 is 23.5 Å². The molecule has 0 aromatic rings. The molecule has 0 bridgehead atoms. The topological polar surface area (TPSA) is 80.9 Å². The van der Waals surface area contributed by atoms with Crippen LogP contribution in [0.1, 0.15) is 27.7 Å². The number of thioether (sulfide) groups is 2. The fourth-order valence-corrected chi connectivity index (χ4v) is 4.04. The summed E-state index contributed by atoms with van der Waals surface area (Å²) in [6.45, 7) is 7.85. The molecule has 0 saturated heterocycles. The van der Waals surface area contributed by atoms with Gasteiger partial charge < -0.3 is 20.4 Å². The maximum Gasteiger partial charge on any atom is 0.110 e. The van der Waals surface area contributed by atoms with Crippen molar-refractivity contribution in [1.82, 2.24) is 0 Å². The minimum atomic E-state index is -1.31. The summed E-state index contributed by atoms with van der Waals surface area (Å²) in [6.07, 6.45) is -3.65. The van der Waals surface area contributed by atoms with Crippen LogP contribution >= 0.6 is 23.5 Å². The highest BCUT2D eigenvalue weighted by Crippen LogP contribution is 2.31. The zero-order valence-electron chi connectivity index (χ0n) is 12.2. The van der Waals surface area contributed by atoms with Crippen molar-refractivity contribution in [3.05, 3.63) is 0 Å². The van der Waals surface area contributed by atoms with Crippen LogP contribution in [0.5, 0.6) is 0 Å². The molecule has 19 heavy (non-hydrogen) atoms. The van der Waals surface area contributed by atoms with Crippen LogP contribution in [0.25, 0.3) is 0 Å². The van der Waals surface area contributed by atoms with E-state index >= 15 is 0 Å². The standard InChI is InChI=1S/C13H28O4S2/c1-8(2)6-18-13(19-7-9(3)4)12(17)11(16)10(15)5-14/h8-17H,5-7H2,1-4H3/t10-,11+,12+/m1/s1. The molecule has 0 radical (unpaired) electrons. The Morgan fingerprint density at radius 3 is 1.53 bits per heavy atom. The lowest BCUT2D eigenvalue weighted by Gasteiger charge is -2.29. The second kappa shape index (κ2) is 10.3. The van der Waals surface area contributed by atoms with E-state index in [0.29, 0.717) is 11.8 Å². The van der Waals surface area contributed by atoms with Crippen LogP contribution in [0, 0.1) is 11.8 Å². The molecule has 0 aliphatic carbocycles. The second-order valence-corrected chi connectivity index (χ2v) is 8.20. The summed E-state index contributed by atoms with van der Waals surface area (Å²) in [7, 11) is 0. The van der Waals surface area contributed by atoms with Crippen molar-refractivity contribution in [3.63, 3.8) is 0 Å². The van der Waals surface area contributed by atoms with Crippen molar-refractivity contribution in [3.8, 4) is 0 Å². The van der Waals surface area contributed by atoms with Crippen molar-refractivity contribution in [2.45, 2.75) is 50.6 Å². The molecule has 6 heteroatoms. The average molecular weight is 312 g/mol. The minimum absolute atomic E-state index is 0.194. The van der Waals surface area contributed by atoms with E-state index in [1.807, 2.05) is 0 Å². The molecule has 0 saturated carbocycles. The molecule has 4 N–H and O–H groups in total. The van der Waals surface area contributed by atoms with Gasteiger partial charge in [0.25, 0.3) is 0 Å². The van der Waals surface area contributed by atoms with Crippen molar-refractivity contribution in [2.75, 3.05) is 18.1 Å². The first-order chi connectivity index (χ1) is 8.79. The number of aliphatic hydroxyl groups is 4. The summed E-state index contributed by atoms with van der Waals surface area (Å²) in [5, 5.41) is 38.2. The molecule has 0 aliphatic rings. The lowest BCUT2D eigenvalue weighted by Crippen LogP contribution is -2.44. The monoisotopic (exact) mass is 312 g/mol. The summed E-state index contributed by atoms with van der Waals surface area (Å²) in [6, 6.07) is 0. The molecular formula is C13H28O4S2. The zero-order valence-corrected chi connectivity index (χ0v) is 13.8. The zero-order chi connectivity index (χ0) is 15.0. The Kier molecular flexibility index (Phi) is 10.6. The number of hydrogen-bond acceptors (Lipinski definition) is 6. The van der Waals surface area contributed by atoms with Gasteiger partial charge in [0, 0.05) is 0 Å². The molecular weight excluding hydrogens is 284 g/mol. The third-order valence-electron chi connectivity index (χ3n) is 2.40. The molecule has 3 atom stereocenters.